The van der Waals surface area contributed by atoms with Gasteiger partial charge in [0.05, 0.1) is 0 Å². The molecule has 1 aliphatic rings. The van der Waals surface area contributed by atoms with E-state index in [1.165, 1.54) is 44.1 Å². The molecule has 0 amide bonds. The van der Waals surface area contributed by atoms with Gasteiger partial charge in [-0.1, -0.05) is 44.0 Å². The Balaban J connectivity index is 1.91. The Labute approximate surface area is 98.5 Å². The van der Waals surface area contributed by atoms with Crippen LogP contribution in [0.4, 0.5) is 0 Å². The van der Waals surface area contributed by atoms with Crippen LogP contribution >= 0.6 is 0 Å². The lowest BCUT2D eigenvalue weighted by molar-refractivity contribution is -0.268. The van der Waals surface area contributed by atoms with E-state index in [0.717, 1.165) is 5.92 Å². The third-order valence-corrected chi connectivity index (χ3v) is 3.90. The summed E-state index contributed by atoms with van der Waals surface area (Å²) in [6, 6.07) is 7.45. The van der Waals surface area contributed by atoms with Crippen LogP contribution in [0.3, 0.4) is 0 Å². The molecule has 0 radical (unpaired) electrons. The molecule has 1 nitrogen and oxygen atoms in total. The van der Waals surface area contributed by atoms with Gasteiger partial charge in [-0.25, -0.2) is 0 Å². The average molecular weight is 217 g/mol. The van der Waals surface area contributed by atoms with Gasteiger partial charge in [0.1, 0.15) is 0 Å². The van der Waals surface area contributed by atoms with Crippen LogP contribution in [0.1, 0.15) is 56.9 Å². The Morgan fingerprint density at radius 3 is 2.25 bits per heavy atom. The first kappa shape index (κ1) is 11.5. The molecule has 16 heavy (non-hydrogen) atoms. The summed E-state index contributed by atoms with van der Waals surface area (Å²) in [5.41, 5.74) is 1.37. The highest BCUT2D eigenvalue weighted by Gasteiger charge is 2.21. The average Bonchev–Trinajstić information content (AvgIpc) is 2.32. The van der Waals surface area contributed by atoms with Crippen molar-refractivity contribution in [3.63, 3.8) is 0 Å². The van der Waals surface area contributed by atoms with Crippen molar-refractivity contribution in [2.75, 3.05) is 0 Å². The SMILES string of the molecule is CCCC1CCC(c2ccc([O-])cc2)CC1. The van der Waals surface area contributed by atoms with Crippen LogP contribution in [-0.4, -0.2) is 0 Å². The predicted octanol–water partition coefficient (Wildman–Crippen LogP) is 3.83. The molecular weight excluding hydrogens is 196 g/mol. The Kier molecular flexibility index (Phi) is 3.87. The summed E-state index contributed by atoms with van der Waals surface area (Å²) in [5.74, 6) is 1.79. The van der Waals surface area contributed by atoms with Gasteiger partial charge in [-0.05, 0) is 43.1 Å². The Morgan fingerprint density at radius 1 is 1.06 bits per heavy atom. The van der Waals surface area contributed by atoms with Gasteiger partial charge in [-0.2, -0.15) is 0 Å². The van der Waals surface area contributed by atoms with E-state index in [2.05, 4.69) is 6.92 Å². The fourth-order valence-electron chi connectivity index (χ4n) is 2.93. The Morgan fingerprint density at radius 2 is 1.69 bits per heavy atom. The van der Waals surface area contributed by atoms with Crippen LogP contribution in [-0.2, 0) is 0 Å². The predicted molar refractivity (Wildman–Crippen MR) is 65.5 cm³/mol. The van der Waals surface area contributed by atoms with Gasteiger partial charge in [0, 0.05) is 0 Å². The molecule has 2 rings (SSSR count). The summed E-state index contributed by atoms with van der Waals surface area (Å²) in [4.78, 5) is 0. The lowest BCUT2D eigenvalue weighted by atomic mass is 9.77. The minimum Gasteiger partial charge on any atom is -0.872 e. The van der Waals surface area contributed by atoms with Crippen LogP contribution in [0, 0.1) is 5.92 Å². The maximum absolute atomic E-state index is 11.0. The van der Waals surface area contributed by atoms with E-state index in [-0.39, 0.29) is 5.75 Å². The van der Waals surface area contributed by atoms with Crippen molar-refractivity contribution in [2.24, 2.45) is 5.92 Å². The zero-order valence-corrected chi connectivity index (χ0v) is 10.1. The third kappa shape index (κ3) is 2.78. The van der Waals surface area contributed by atoms with Crippen molar-refractivity contribution in [2.45, 2.75) is 51.4 Å². The summed E-state index contributed by atoms with van der Waals surface area (Å²) in [7, 11) is 0. The molecule has 0 aliphatic heterocycles. The first-order valence-electron chi connectivity index (χ1n) is 6.56. The molecule has 0 N–H and O–H groups in total. The van der Waals surface area contributed by atoms with E-state index in [4.69, 9.17) is 0 Å². The first-order chi connectivity index (χ1) is 7.79. The second kappa shape index (κ2) is 5.38. The van der Waals surface area contributed by atoms with Gasteiger partial charge in [-0.3, -0.25) is 0 Å². The highest BCUT2D eigenvalue weighted by molar-refractivity contribution is 5.27. The van der Waals surface area contributed by atoms with E-state index < -0.39 is 0 Å². The minimum absolute atomic E-state index is 0.128. The molecule has 0 unspecified atom stereocenters. The zero-order chi connectivity index (χ0) is 11.4. The molecule has 0 bridgehead atoms. The van der Waals surface area contributed by atoms with Crippen molar-refractivity contribution in [3.05, 3.63) is 29.8 Å². The normalized spacial score (nSPS) is 25.6. The van der Waals surface area contributed by atoms with Crippen molar-refractivity contribution >= 4 is 0 Å². The molecule has 0 heterocycles. The standard InChI is InChI=1S/C15H22O/c1-2-3-12-4-6-13(7-5-12)14-8-10-15(16)11-9-14/h8-13,16H,2-7H2,1H3/p-1. The van der Waals surface area contributed by atoms with Crippen LogP contribution < -0.4 is 5.11 Å². The van der Waals surface area contributed by atoms with Gasteiger partial charge in [-0.15, -0.1) is 5.75 Å². The van der Waals surface area contributed by atoms with Crippen molar-refractivity contribution in [1.29, 1.82) is 0 Å². The molecule has 1 saturated carbocycles. The summed E-state index contributed by atoms with van der Waals surface area (Å²) in [6.07, 6.45) is 8.08. The molecule has 1 aliphatic carbocycles. The summed E-state index contributed by atoms with van der Waals surface area (Å²) >= 11 is 0. The quantitative estimate of drug-likeness (QED) is 0.754. The maximum atomic E-state index is 11.0. The summed E-state index contributed by atoms with van der Waals surface area (Å²) < 4.78 is 0. The lowest BCUT2D eigenvalue weighted by Gasteiger charge is -2.28. The van der Waals surface area contributed by atoms with E-state index >= 15 is 0 Å². The van der Waals surface area contributed by atoms with Gasteiger partial charge in [0.2, 0.25) is 0 Å². The molecule has 1 aromatic carbocycles. The molecule has 1 fully saturated rings. The van der Waals surface area contributed by atoms with Crippen LogP contribution in [0.5, 0.6) is 5.75 Å². The van der Waals surface area contributed by atoms with Crippen molar-refractivity contribution < 1.29 is 5.11 Å². The fraction of sp³-hybridized carbons (Fsp3) is 0.600. The van der Waals surface area contributed by atoms with E-state index in [0.29, 0.717) is 5.92 Å². The van der Waals surface area contributed by atoms with E-state index in [1.54, 1.807) is 12.1 Å². The molecule has 1 aromatic rings. The van der Waals surface area contributed by atoms with Gasteiger partial charge >= 0.3 is 0 Å². The molecule has 0 spiro atoms. The van der Waals surface area contributed by atoms with Gasteiger partial charge in [0.15, 0.2) is 0 Å². The zero-order valence-electron chi connectivity index (χ0n) is 10.1. The van der Waals surface area contributed by atoms with Crippen LogP contribution in [0.2, 0.25) is 0 Å². The van der Waals surface area contributed by atoms with Crippen molar-refractivity contribution in [3.8, 4) is 5.75 Å². The maximum Gasteiger partial charge on any atom is -0.0162 e. The lowest BCUT2D eigenvalue weighted by Crippen LogP contribution is -2.13. The third-order valence-electron chi connectivity index (χ3n) is 3.90. The highest BCUT2D eigenvalue weighted by Crippen LogP contribution is 2.37. The minimum atomic E-state index is 0.128. The summed E-state index contributed by atoms with van der Waals surface area (Å²) in [5, 5.41) is 11.0. The first-order valence-corrected chi connectivity index (χ1v) is 6.56. The second-order valence-electron chi connectivity index (χ2n) is 5.08. The van der Waals surface area contributed by atoms with E-state index in [1.807, 2.05) is 12.1 Å². The molecule has 0 saturated heterocycles. The monoisotopic (exact) mass is 217 g/mol. The number of benzene rings is 1. The molecule has 0 aromatic heterocycles. The Hall–Kier alpha value is -0.980. The van der Waals surface area contributed by atoms with Gasteiger partial charge < -0.3 is 5.11 Å². The van der Waals surface area contributed by atoms with Crippen LogP contribution in [0.25, 0.3) is 0 Å². The van der Waals surface area contributed by atoms with Crippen molar-refractivity contribution in [1.82, 2.24) is 0 Å². The smallest absolute Gasteiger partial charge is 0.0162 e. The molecule has 88 valence electrons. The van der Waals surface area contributed by atoms with Crippen LogP contribution in [0.15, 0.2) is 24.3 Å². The Bertz CT molecular complexity index is 307. The number of rotatable bonds is 3. The fourth-order valence-corrected chi connectivity index (χ4v) is 2.93. The summed E-state index contributed by atoms with van der Waals surface area (Å²) in [6.45, 7) is 2.28. The number of hydrogen-bond acceptors (Lipinski definition) is 1. The largest absolute Gasteiger partial charge is 0.872 e. The highest BCUT2D eigenvalue weighted by atomic mass is 16.3. The van der Waals surface area contributed by atoms with Gasteiger partial charge in [0.25, 0.3) is 0 Å². The second-order valence-corrected chi connectivity index (χ2v) is 5.08. The number of hydrogen-bond donors (Lipinski definition) is 0. The topological polar surface area (TPSA) is 23.1 Å². The molecule has 1 heteroatoms. The molecular formula is C15H21O-. The molecule has 0 atom stereocenters. The van der Waals surface area contributed by atoms with E-state index in [9.17, 15) is 5.11 Å².